The third kappa shape index (κ3) is 3.04. The maximum atomic E-state index is 5.85. The van der Waals surface area contributed by atoms with Crippen molar-refractivity contribution in [2.75, 3.05) is 32.2 Å². The first-order valence-electron chi connectivity index (χ1n) is 5.82. The zero-order chi connectivity index (χ0) is 13.8. The van der Waals surface area contributed by atoms with Crippen LogP contribution in [0.5, 0.6) is 5.75 Å². The van der Waals surface area contributed by atoms with E-state index in [1.54, 1.807) is 19.2 Å². The summed E-state index contributed by atoms with van der Waals surface area (Å²) in [5.74, 6) is 0.540. The van der Waals surface area contributed by atoms with Crippen molar-refractivity contribution in [1.29, 1.82) is 0 Å². The molecule has 6 heteroatoms. The van der Waals surface area contributed by atoms with Gasteiger partial charge in [-0.15, -0.1) is 5.11 Å². The van der Waals surface area contributed by atoms with Gasteiger partial charge < -0.3 is 21.1 Å². The number of allylic oxidation sites excluding steroid dienone is 2. The summed E-state index contributed by atoms with van der Waals surface area (Å²) in [4.78, 5) is 2.02. The molecular weight excluding hydrogens is 242 g/mol. The summed E-state index contributed by atoms with van der Waals surface area (Å²) in [6, 6.07) is 3.30. The van der Waals surface area contributed by atoms with Gasteiger partial charge in [0.2, 0.25) is 0 Å². The molecule has 1 aliphatic rings. The average Bonchev–Trinajstić information content (AvgIpc) is 2.38. The second-order valence-corrected chi connectivity index (χ2v) is 4.27. The van der Waals surface area contributed by atoms with Gasteiger partial charge in [0.1, 0.15) is 11.4 Å². The number of benzene rings is 1. The van der Waals surface area contributed by atoms with Gasteiger partial charge in [0.05, 0.1) is 30.7 Å². The highest BCUT2D eigenvalue weighted by Crippen LogP contribution is 2.33. The lowest BCUT2D eigenvalue weighted by Gasteiger charge is -2.16. The van der Waals surface area contributed by atoms with Crippen LogP contribution in [-0.4, -0.2) is 25.6 Å². The quantitative estimate of drug-likeness (QED) is 0.643. The summed E-state index contributed by atoms with van der Waals surface area (Å²) >= 11 is 0. The zero-order valence-corrected chi connectivity index (χ0v) is 11.0. The first-order chi connectivity index (χ1) is 9.10. The Morgan fingerprint density at radius 3 is 2.68 bits per heavy atom. The van der Waals surface area contributed by atoms with Gasteiger partial charge in [-0.25, -0.2) is 0 Å². The largest absolute Gasteiger partial charge is 0.495 e. The van der Waals surface area contributed by atoms with Gasteiger partial charge in [-0.1, -0.05) is 0 Å². The number of nitrogen functional groups attached to an aromatic ring is 2. The number of methoxy groups -OCH3 is 1. The normalized spacial score (nSPS) is 14.8. The summed E-state index contributed by atoms with van der Waals surface area (Å²) in [5, 5.41) is 8.34. The lowest BCUT2D eigenvalue weighted by molar-refractivity contribution is 0.417. The number of rotatable bonds is 3. The second kappa shape index (κ2) is 5.43. The fourth-order valence-corrected chi connectivity index (χ4v) is 1.71. The number of hydrogen-bond acceptors (Lipinski definition) is 6. The molecule has 19 heavy (non-hydrogen) atoms. The van der Waals surface area contributed by atoms with Crippen LogP contribution in [0.2, 0.25) is 0 Å². The number of hydrogen-bond donors (Lipinski definition) is 2. The van der Waals surface area contributed by atoms with E-state index in [0.29, 0.717) is 29.4 Å². The Hall–Kier alpha value is -2.50. The molecule has 0 aliphatic carbocycles. The van der Waals surface area contributed by atoms with Crippen LogP contribution in [-0.2, 0) is 0 Å². The number of nitrogens with zero attached hydrogens (tertiary/aromatic N) is 3. The van der Waals surface area contributed by atoms with E-state index in [0.717, 1.165) is 5.70 Å². The van der Waals surface area contributed by atoms with Crippen LogP contribution < -0.4 is 16.2 Å². The standard InChI is InChI=1S/C13H17N5O/c1-18-5-3-4-9(8-18)16-17-12-7-13(19-2)11(15)6-10(12)14/h3-7H,8,14-15H2,1-2H3. The molecule has 0 atom stereocenters. The maximum Gasteiger partial charge on any atom is 0.144 e. The Labute approximate surface area is 112 Å². The molecule has 0 saturated heterocycles. The molecule has 1 aromatic carbocycles. The summed E-state index contributed by atoms with van der Waals surface area (Å²) in [7, 11) is 3.52. The summed E-state index contributed by atoms with van der Waals surface area (Å²) < 4.78 is 5.13. The van der Waals surface area contributed by atoms with Crippen molar-refractivity contribution >= 4 is 17.1 Å². The van der Waals surface area contributed by atoms with E-state index in [4.69, 9.17) is 16.2 Å². The Morgan fingerprint density at radius 2 is 2.00 bits per heavy atom. The highest BCUT2D eigenvalue weighted by molar-refractivity contribution is 5.73. The molecule has 1 heterocycles. The molecule has 0 saturated carbocycles. The lowest BCUT2D eigenvalue weighted by atomic mass is 10.2. The van der Waals surface area contributed by atoms with E-state index in [-0.39, 0.29) is 0 Å². The van der Waals surface area contributed by atoms with Gasteiger partial charge in [0.15, 0.2) is 0 Å². The highest BCUT2D eigenvalue weighted by Gasteiger charge is 2.07. The first-order valence-corrected chi connectivity index (χ1v) is 5.82. The smallest absolute Gasteiger partial charge is 0.144 e. The van der Waals surface area contributed by atoms with Crippen LogP contribution in [0.4, 0.5) is 17.1 Å². The van der Waals surface area contributed by atoms with Crippen molar-refractivity contribution in [2.24, 2.45) is 10.2 Å². The summed E-state index contributed by atoms with van der Waals surface area (Å²) in [5.41, 5.74) is 14.0. The Bertz CT molecular complexity index is 562. The lowest BCUT2D eigenvalue weighted by Crippen LogP contribution is -2.15. The fraction of sp³-hybridized carbons (Fsp3) is 0.231. The monoisotopic (exact) mass is 259 g/mol. The van der Waals surface area contributed by atoms with Gasteiger partial charge in [0.25, 0.3) is 0 Å². The van der Waals surface area contributed by atoms with E-state index in [1.807, 2.05) is 30.3 Å². The van der Waals surface area contributed by atoms with E-state index >= 15 is 0 Å². The van der Waals surface area contributed by atoms with E-state index in [2.05, 4.69) is 10.2 Å². The van der Waals surface area contributed by atoms with Crippen LogP contribution >= 0.6 is 0 Å². The van der Waals surface area contributed by atoms with Gasteiger partial charge >= 0.3 is 0 Å². The molecule has 0 fully saturated rings. The van der Waals surface area contributed by atoms with Crippen LogP contribution in [0.1, 0.15) is 0 Å². The zero-order valence-electron chi connectivity index (χ0n) is 11.0. The molecule has 1 aromatic rings. The molecule has 100 valence electrons. The Kier molecular flexibility index (Phi) is 3.70. The second-order valence-electron chi connectivity index (χ2n) is 4.27. The van der Waals surface area contributed by atoms with Gasteiger partial charge in [-0.3, -0.25) is 0 Å². The van der Waals surface area contributed by atoms with Gasteiger partial charge in [-0.2, -0.15) is 5.11 Å². The molecule has 6 nitrogen and oxygen atoms in total. The Morgan fingerprint density at radius 1 is 1.21 bits per heavy atom. The van der Waals surface area contributed by atoms with Gasteiger partial charge in [0, 0.05) is 13.1 Å². The van der Waals surface area contributed by atoms with Crippen LogP contribution in [0.15, 0.2) is 46.4 Å². The molecular formula is C13H17N5O. The predicted molar refractivity (Wildman–Crippen MR) is 76.2 cm³/mol. The molecule has 1 aliphatic heterocycles. The molecule has 0 amide bonds. The van der Waals surface area contributed by atoms with Crippen molar-refractivity contribution in [3.8, 4) is 5.75 Å². The van der Waals surface area contributed by atoms with E-state index in [1.165, 1.54) is 0 Å². The molecule has 0 aromatic heterocycles. The fourth-order valence-electron chi connectivity index (χ4n) is 1.71. The first kappa shape index (κ1) is 12.9. The average molecular weight is 259 g/mol. The van der Waals surface area contributed by atoms with Gasteiger partial charge in [-0.05, 0) is 24.4 Å². The van der Waals surface area contributed by atoms with Crippen LogP contribution in [0.25, 0.3) is 0 Å². The minimum Gasteiger partial charge on any atom is -0.495 e. The predicted octanol–water partition coefficient (Wildman–Crippen LogP) is 2.29. The SMILES string of the molecule is COc1cc(N=NC2=CC=CN(C)C2)c(N)cc1N. The molecule has 0 bridgehead atoms. The van der Waals surface area contributed by atoms with Crippen molar-refractivity contribution in [3.63, 3.8) is 0 Å². The molecule has 4 N–H and O–H groups in total. The molecule has 2 rings (SSSR count). The number of azo groups is 1. The van der Waals surface area contributed by atoms with Crippen molar-refractivity contribution in [1.82, 2.24) is 4.90 Å². The van der Waals surface area contributed by atoms with Crippen molar-refractivity contribution in [2.45, 2.75) is 0 Å². The van der Waals surface area contributed by atoms with Crippen molar-refractivity contribution < 1.29 is 4.74 Å². The number of nitrogens with two attached hydrogens (primary N) is 2. The maximum absolute atomic E-state index is 5.85. The minimum atomic E-state index is 0.474. The van der Waals surface area contributed by atoms with E-state index < -0.39 is 0 Å². The van der Waals surface area contributed by atoms with Crippen LogP contribution in [0, 0.1) is 0 Å². The third-order valence-electron chi connectivity index (χ3n) is 2.71. The van der Waals surface area contributed by atoms with Crippen LogP contribution in [0.3, 0.4) is 0 Å². The third-order valence-corrected chi connectivity index (χ3v) is 2.71. The highest BCUT2D eigenvalue weighted by atomic mass is 16.5. The minimum absolute atomic E-state index is 0.474. The Balaban J connectivity index is 2.23. The number of ether oxygens (including phenoxy) is 1. The molecule has 0 radical (unpaired) electrons. The number of likely N-dealkylation sites (N-methyl/N-ethyl adjacent to an activating group) is 1. The topological polar surface area (TPSA) is 89.2 Å². The summed E-state index contributed by atoms with van der Waals surface area (Å²) in [6.45, 7) is 0.714. The number of anilines is 2. The molecule has 0 unspecified atom stereocenters. The molecule has 0 spiro atoms. The van der Waals surface area contributed by atoms with E-state index in [9.17, 15) is 0 Å². The van der Waals surface area contributed by atoms with Crippen molar-refractivity contribution in [3.05, 3.63) is 36.2 Å². The summed E-state index contributed by atoms with van der Waals surface area (Å²) in [6.07, 6.45) is 5.80.